The molecule has 2 N–H and O–H groups in total. The molecule has 0 bridgehead atoms. The zero-order valence-corrected chi connectivity index (χ0v) is 12.3. The lowest BCUT2D eigenvalue weighted by atomic mass is 10.0. The first-order valence-corrected chi connectivity index (χ1v) is 6.68. The van der Waals surface area contributed by atoms with Gasteiger partial charge < -0.3 is 14.8 Å². The molecule has 0 aliphatic heterocycles. The van der Waals surface area contributed by atoms with Gasteiger partial charge in [0.15, 0.2) is 0 Å². The van der Waals surface area contributed by atoms with Crippen LogP contribution in [0.5, 0.6) is 0 Å². The number of amides is 1. The number of nitro benzene ring substituents is 1. The molecule has 0 fully saturated rings. The van der Waals surface area contributed by atoms with Crippen LogP contribution >= 0.6 is 11.6 Å². The number of aliphatic hydroxyl groups is 1. The largest absolute Gasteiger partial charge is 0.466 e. The van der Waals surface area contributed by atoms with E-state index < -0.39 is 22.1 Å². The van der Waals surface area contributed by atoms with Gasteiger partial charge in [0.1, 0.15) is 16.9 Å². The lowest BCUT2D eigenvalue weighted by Gasteiger charge is -2.21. The van der Waals surface area contributed by atoms with E-state index in [0.29, 0.717) is 0 Å². The second kappa shape index (κ2) is 6.17. The van der Waals surface area contributed by atoms with Crippen molar-refractivity contribution >= 4 is 23.2 Å². The standard InChI is InChI=1S/C14H13ClN2O5/c1-14(19,11-6-3-7-22-11)8-16-13(18)12-9(15)4-2-5-10(12)17(20)21/h2-7,19H,8H2,1H3,(H,16,18). The van der Waals surface area contributed by atoms with Gasteiger partial charge in [0, 0.05) is 6.07 Å². The molecule has 0 saturated carbocycles. The highest BCUT2D eigenvalue weighted by Gasteiger charge is 2.29. The molecule has 0 spiro atoms. The molecule has 1 aromatic heterocycles. The minimum atomic E-state index is -1.45. The zero-order chi connectivity index (χ0) is 16.3. The zero-order valence-electron chi connectivity index (χ0n) is 11.6. The lowest BCUT2D eigenvalue weighted by molar-refractivity contribution is -0.385. The second-order valence-electron chi connectivity index (χ2n) is 4.82. The Kier molecular flexibility index (Phi) is 4.48. The molecule has 7 nitrogen and oxygen atoms in total. The average Bonchev–Trinajstić information content (AvgIpc) is 2.99. The summed E-state index contributed by atoms with van der Waals surface area (Å²) < 4.78 is 5.09. The third-order valence-electron chi connectivity index (χ3n) is 3.06. The van der Waals surface area contributed by atoms with Gasteiger partial charge in [-0.1, -0.05) is 17.7 Å². The Morgan fingerprint density at radius 1 is 1.45 bits per heavy atom. The van der Waals surface area contributed by atoms with E-state index in [4.69, 9.17) is 16.0 Å². The van der Waals surface area contributed by atoms with E-state index in [1.807, 2.05) is 0 Å². The Bertz CT molecular complexity index is 697. The molecule has 0 aliphatic carbocycles. The van der Waals surface area contributed by atoms with Crippen molar-refractivity contribution in [2.24, 2.45) is 0 Å². The fourth-order valence-corrected chi connectivity index (χ4v) is 2.16. The molecular weight excluding hydrogens is 312 g/mol. The van der Waals surface area contributed by atoms with E-state index in [-0.39, 0.29) is 22.9 Å². The maximum atomic E-state index is 12.2. The number of halogens is 1. The molecule has 2 aromatic rings. The Morgan fingerprint density at radius 3 is 2.77 bits per heavy atom. The minimum absolute atomic E-state index is 0.0376. The molecule has 0 radical (unpaired) electrons. The van der Waals surface area contributed by atoms with Crippen molar-refractivity contribution in [3.8, 4) is 0 Å². The van der Waals surface area contributed by atoms with Crippen molar-refractivity contribution < 1.29 is 19.2 Å². The van der Waals surface area contributed by atoms with E-state index in [0.717, 1.165) is 0 Å². The summed E-state index contributed by atoms with van der Waals surface area (Å²) in [4.78, 5) is 22.4. The molecule has 22 heavy (non-hydrogen) atoms. The van der Waals surface area contributed by atoms with Crippen LogP contribution in [0.3, 0.4) is 0 Å². The van der Waals surface area contributed by atoms with Crippen LogP contribution in [0.4, 0.5) is 5.69 Å². The summed E-state index contributed by atoms with van der Waals surface area (Å²) in [6.45, 7) is 1.26. The van der Waals surface area contributed by atoms with E-state index in [1.54, 1.807) is 12.1 Å². The first kappa shape index (κ1) is 16.0. The molecule has 0 aliphatic rings. The third kappa shape index (κ3) is 3.26. The van der Waals surface area contributed by atoms with Crippen LogP contribution in [0.2, 0.25) is 5.02 Å². The fraction of sp³-hybridized carbons (Fsp3) is 0.214. The van der Waals surface area contributed by atoms with Gasteiger partial charge in [0.25, 0.3) is 11.6 Å². The van der Waals surface area contributed by atoms with Crippen LogP contribution in [-0.4, -0.2) is 22.5 Å². The molecule has 1 aromatic carbocycles. The van der Waals surface area contributed by atoms with Gasteiger partial charge in [-0.15, -0.1) is 0 Å². The number of hydrogen-bond donors (Lipinski definition) is 2. The topological polar surface area (TPSA) is 106 Å². The first-order chi connectivity index (χ1) is 10.3. The number of nitrogens with zero attached hydrogens (tertiary/aromatic N) is 1. The van der Waals surface area contributed by atoms with E-state index in [2.05, 4.69) is 5.32 Å². The Morgan fingerprint density at radius 2 is 2.18 bits per heavy atom. The third-order valence-corrected chi connectivity index (χ3v) is 3.38. The maximum Gasteiger partial charge on any atom is 0.283 e. The summed E-state index contributed by atoms with van der Waals surface area (Å²) in [7, 11) is 0. The highest BCUT2D eigenvalue weighted by Crippen LogP contribution is 2.26. The summed E-state index contributed by atoms with van der Waals surface area (Å²) in [5.41, 5.74) is -2.10. The van der Waals surface area contributed by atoms with Gasteiger partial charge in [-0.05, 0) is 25.1 Å². The summed E-state index contributed by atoms with van der Waals surface area (Å²) in [5.74, 6) is -0.481. The number of benzene rings is 1. The monoisotopic (exact) mass is 324 g/mol. The smallest absolute Gasteiger partial charge is 0.283 e. The Hall–Kier alpha value is -2.38. The van der Waals surface area contributed by atoms with Crippen molar-refractivity contribution in [3.63, 3.8) is 0 Å². The number of rotatable bonds is 5. The molecule has 8 heteroatoms. The Balaban J connectivity index is 2.19. The normalized spacial score (nSPS) is 13.4. The predicted octanol–water partition coefficient (Wildman–Crippen LogP) is 2.48. The van der Waals surface area contributed by atoms with Crippen LogP contribution < -0.4 is 5.32 Å². The maximum absolute atomic E-state index is 12.2. The van der Waals surface area contributed by atoms with Crippen molar-refractivity contribution in [2.45, 2.75) is 12.5 Å². The molecule has 0 saturated heterocycles. The molecular formula is C14H13ClN2O5. The number of hydrogen-bond acceptors (Lipinski definition) is 5. The first-order valence-electron chi connectivity index (χ1n) is 6.30. The summed E-state index contributed by atoms with van der Waals surface area (Å²) in [6.07, 6.45) is 1.39. The van der Waals surface area contributed by atoms with Gasteiger partial charge in [-0.3, -0.25) is 14.9 Å². The fourth-order valence-electron chi connectivity index (χ4n) is 1.90. The molecule has 1 unspecified atom stereocenters. The average molecular weight is 325 g/mol. The van der Waals surface area contributed by atoms with E-state index >= 15 is 0 Å². The van der Waals surface area contributed by atoms with Crippen LogP contribution in [0.15, 0.2) is 41.0 Å². The molecule has 1 heterocycles. The van der Waals surface area contributed by atoms with Crippen molar-refractivity contribution in [3.05, 3.63) is 63.1 Å². The predicted molar refractivity (Wildman–Crippen MR) is 78.7 cm³/mol. The van der Waals surface area contributed by atoms with Gasteiger partial charge in [-0.25, -0.2) is 0 Å². The SMILES string of the molecule is CC(O)(CNC(=O)c1c(Cl)cccc1[N+](=O)[O-])c1ccco1. The highest BCUT2D eigenvalue weighted by molar-refractivity contribution is 6.34. The van der Waals surface area contributed by atoms with E-state index in [9.17, 15) is 20.0 Å². The summed E-state index contributed by atoms with van der Waals surface area (Å²) in [5, 5.41) is 23.6. The van der Waals surface area contributed by atoms with Crippen molar-refractivity contribution in [1.29, 1.82) is 0 Å². The van der Waals surface area contributed by atoms with Crippen molar-refractivity contribution in [2.75, 3.05) is 6.54 Å². The van der Waals surface area contributed by atoms with Crippen LogP contribution in [0.25, 0.3) is 0 Å². The molecule has 116 valence electrons. The minimum Gasteiger partial charge on any atom is -0.466 e. The molecule has 1 amide bonds. The summed E-state index contributed by atoms with van der Waals surface area (Å²) >= 11 is 5.87. The lowest BCUT2D eigenvalue weighted by Crippen LogP contribution is -2.38. The van der Waals surface area contributed by atoms with Crippen LogP contribution in [-0.2, 0) is 5.60 Å². The second-order valence-corrected chi connectivity index (χ2v) is 5.23. The van der Waals surface area contributed by atoms with E-state index in [1.165, 1.54) is 31.4 Å². The van der Waals surface area contributed by atoms with Gasteiger partial charge in [-0.2, -0.15) is 0 Å². The van der Waals surface area contributed by atoms with Crippen LogP contribution in [0.1, 0.15) is 23.0 Å². The summed E-state index contributed by atoms with van der Waals surface area (Å²) in [6, 6.07) is 7.12. The number of nitro groups is 1. The number of carbonyl (C=O) groups is 1. The molecule has 1 atom stereocenters. The Labute approximate surface area is 130 Å². The van der Waals surface area contributed by atoms with Crippen molar-refractivity contribution in [1.82, 2.24) is 5.32 Å². The number of carbonyl (C=O) groups excluding carboxylic acids is 1. The molecule has 2 rings (SSSR count). The van der Waals surface area contributed by atoms with Crippen LogP contribution in [0, 0.1) is 10.1 Å². The highest BCUT2D eigenvalue weighted by atomic mass is 35.5. The van der Waals surface area contributed by atoms with Gasteiger partial charge in [0.2, 0.25) is 0 Å². The van der Waals surface area contributed by atoms with Gasteiger partial charge in [0.05, 0.1) is 22.8 Å². The number of furan rings is 1. The van der Waals surface area contributed by atoms with Gasteiger partial charge >= 0.3 is 0 Å². The quantitative estimate of drug-likeness (QED) is 0.649. The number of nitrogens with one attached hydrogen (secondary N) is 1.